The topological polar surface area (TPSA) is 86.7 Å². The van der Waals surface area contributed by atoms with E-state index < -0.39 is 50.0 Å². The smallest absolute Gasteiger partial charge is 0.320 e. The number of rotatable bonds is 7. The fraction of sp³-hybridized carbons (Fsp3) is 0.846. The van der Waals surface area contributed by atoms with Gasteiger partial charge in [0, 0.05) is 39.0 Å². The average Bonchev–Trinajstić information content (AvgIpc) is 2.76. The summed E-state index contributed by atoms with van der Waals surface area (Å²) in [7, 11) is -2.60. The van der Waals surface area contributed by atoms with Crippen LogP contribution in [0.5, 0.6) is 0 Å². The summed E-state index contributed by atoms with van der Waals surface area (Å²) in [6, 6.07) is 0. The zero-order valence-electron chi connectivity index (χ0n) is 12.5. The van der Waals surface area contributed by atoms with Gasteiger partial charge in [-0.15, -0.1) is 0 Å². The lowest BCUT2D eigenvalue weighted by molar-refractivity contribution is -0.164. The van der Waals surface area contributed by atoms with E-state index in [-0.39, 0.29) is 13.2 Å². The van der Waals surface area contributed by atoms with Gasteiger partial charge in [0.05, 0.1) is 13.2 Å². The Morgan fingerprint density at radius 2 is 1.43 bits per heavy atom. The number of esters is 2. The number of ether oxygens (including phenoxy) is 2. The summed E-state index contributed by atoms with van der Waals surface area (Å²) in [5.74, 6) is -2.45. The van der Waals surface area contributed by atoms with E-state index in [2.05, 4.69) is 0 Å². The highest BCUT2D eigenvalue weighted by Crippen LogP contribution is 2.31. The molecule has 122 valence electrons. The number of carbonyl (C=O) groups is 2. The van der Waals surface area contributed by atoms with Crippen molar-refractivity contribution in [3.8, 4) is 0 Å². The molecule has 1 aliphatic rings. The molecule has 1 fully saturated rings. The van der Waals surface area contributed by atoms with E-state index in [4.69, 9.17) is 9.47 Å². The standard InChI is InChI=1S/C13H22O6S2/c1-4-9(13-20(16)7-8-21(13)17)10(11(14)18-5-2)12(15)19-6-3/h9-10,13H,4-8H2,1-3H3/t9?,20-,21-/m0/s1. The normalized spacial score (nSPS) is 24.0. The first-order chi connectivity index (χ1) is 9.97. The second-order valence-electron chi connectivity index (χ2n) is 4.59. The van der Waals surface area contributed by atoms with E-state index in [0.29, 0.717) is 17.9 Å². The fourth-order valence-corrected chi connectivity index (χ4v) is 7.19. The van der Waals surface area contributed by atoms with Crippen molar-refractivity contribution in [2.24, 2.45) is 11.8 Å². The van der Waals surface area contributed by atoms with Crippen molar-refractivity contribution in [1.29, 1.82) is 0 Å². The zero-order chi connectivity index (χ0) is 16.0. The van der Waals surface area contributed by atoms with Crippen molar-refractivity contribution in [1.82, 2.24) is 0 Å². The van der Waals surface area contributed by atoms with Crippen LogP contribution in [0.15, 0.2) is 0 Å². The predicted octanol–water partition coefficient (Wildman–Crippen LogP) is 0.592. The molecule has 1 unspecified atom stereocenters. The molecule has 1 rings (SSSR count). The van der Waals surface area contributed by atoms with Crippen molar-refractivity contribution < 1.29 is 27.5 Å². The molecule has 1 aliphatic heterocycles. The lowest BCUT2D eigenvalue weighted by Gasteiger charge is -2.26. The molecular weight excluding hydrogens is 316 g/mol. The molecule has 8 heteroatoms. The van der Waals surface area contributed by atoms with E-state index in [0.717, 1.165) is 0 Å². The highest BCUT2D eigenvalue weighted by atomic mass is 32.3. The van der Waals surface area contributed by atoms with Crippen molar-refractivity contribution in [3.05, 3.63) is 0 Å². The first kappa shape index (κ1) is 18.3. The minimum absolute atomic E-state index is 0.141. The van der Waals surface area contributed by atoms with E-state index in [1.165, 1.54) is 0 Å². The van der Waals surface area contributed by atoms with Gasteiger partial charge in [-0.1, -0.05) is 6.92 Å². The molecule has 0 N–H and O–H groups in total. The third-order valence-electron chi connectivity index (χ3n) is 3.33. The summed E-state index contributed by atoms with van der Waals surface area (Å²) in [5.41, 5.74) is 0. The van der Waals surface area contributed by atoms with Gasteiger partial charge >= 0.3 is 11.9 Å². The van der Waals surface area contributed by atoms with Crippen LogP contribution in [-0.2, 0) is 40.7 Å². The largest absolute Gasteiger partial charge is 0.465 e. The first-order valence-corrected chi connectivity index (χ1v) is 9.81. The molecule has 21 heavy (non-hydrogen) atoms. The highest BCUT2D eigenvalue weighted by Gasteiger charge is 2.47. The van der Waals surface area contributed by atoms with Gasteiger partial charge in [0.2, 0.25) is 0 Å². The molecule has 0 aromatic rings. The summed E-state index contributed by atoms with van der Waals surface area (Å²) < 4.78 is 33.3. The quantitative estimate of drug-likeness (QED) is 0.499. The van der Waals surface area contributed by atoms with Crippen molar-refractivity contribution in [2.75, 3.05) is 24.7 Å². The second kappa shape index (κ2) is 8.63. The molecule has 0 bridgehead atoms. The fourth-order valence-electron chi connectivity index (χ4n) is 2.40. The third-order valence-corrected chi connectivity index (χ3v) is 7.83. The molecule has 0 radical (unpaired) electrons. The summed E-state index contributed by atoms with van der Waals surface area (Å²) in [6.45, 7) is 5.35. The molecule has 3 atom stereocenters. The van der Waals surface area contributed by atoms with Crippen LogP contribution < -0.4 is 0 Å². The number of hydrogen-bond acceptors (Lipinski definition) is 6. The zero-order valence-corrected chi connectivity index (χ0v) is 14.2. The van der Waals surface area contributed by atoms with Crippen LogP contribution in [0.4, 0.5) is 0 Å². The van der Waals surface area contributed by atoms with Crippen LogP contribution in [0.1, 0.15) is 27.2 Å². The van der Waals surface area contributed by atoms with E-state index in [1.807, 2.05) is 0 Å². The number of hydrogen-bond donors (Lipinski definition) is 0. The van der Waals surface area contributed by atoms with E-state index in [1.54, 1.807) is 20.8 Å². The molecule has 1 heterocycles. The molecule has 0 aromatic carbocycles. The highest BCUT2D eigenvalue weighted by molar-refractivity contribution is 8.06. The maximum atomic E-state index is 12.1. The Bertz CT molecular complexity index is 402. The number of carbonyl (C=O) groups excluding carboxylic acids is 2. The Balaban J connectivity index is 3.07. The Morgan fingerprint density at radius 3 is 1.76 bits per heavy atom. The van der Waals surface area contributed by atoms with Crippen LogP contribution in [0, 0.1) is 11.8 Å². The lowest BCUT2D eigenvalue weighted by Crippen LogP contribution is -2.41. The molecule has 1 saturated heterocycles. The Morgan fingerprint density at radius 1 is 1.00 bits per heavy atom. The molecule has 6 nitrogen and oxygen atoms in total. The minimum atomic E-state index is -1.30. The third kappa shape index (κ3) is 4.35. The van der Waals surface area contributed by atoms with E-state index in [9.17, 15) is 18.0 Å². The van der Waals surface area contributed by atoms with Gasteiger partial charge in [0.15, 0.2) is 5.92 Å². The maximum Gasteiger partial charge on any atom is 0.320 e. The summed E-state index contributed by atoms with van der Waals surface area (Å²) in [4.78, 5) is 24.2. The molecule has 0 amide bonds. The van der Waals surface area contributed by atoms with Crippen LogP contribution in [0.3, 0.4) is 0 Å². The van der Waals surface area contributed by atoms with Crippen LogP contribution in [-0.4, -0.2) is 49.7 Å². The van der Waals surface area contributed by atoms with Crippen LogP contribution in [0.2, 0.25) is 0 Å². The summed E-state index contributed by atoms with van der Waals surface area (Å²) in [6.07, 6.45) is 0.407. The second-order valence-corrected chi connectivity index (χ2v) is 8.25. The van der Waals surface area contributed by atoms with Gasteiger partial charge < -0.3 is 9.47 Å². The first-order valence-electron chi connectivity index (χ1n) is 7.05. The molecule has 0 aliphatic carbocycles. The molecule has 0 spiro atoms. The van der Waals surface area contributed by atoms with Crippen molar-refractivity contribution in [2.45, 2.75) is 31.8 Å². The van der Waals surface area contributed by atoms with Gasteiger partial charge in [-0.25, -0.2) is 0 Å². The monoisotopic (exact) mass is 338 g/mol. The molecular formula is C13H22O6S2. The lowest BCUT2D eigenvalue weighted by atomic mass is 9.91. The van der Waals surface area contributed by atoms with Gasteiger partial charge in [0.25, 0.3) is 0 Å². The average molecular weight is 338 g/mol. The molecule has 0 saturated carbocycles. The van der Waals surface area contributed by atoms with Gasteiger partial charge in [-0.2, -0.15) is 0 Å². The maximum absolute atomic E-state index is 12.1. The van der Waals surface area contributed by atoms with Gasteiger partial charge in [0.1, 0.15) is 4.58 Å². The van der Waals surface area contributed by atoms with Crippen molar-refractivity contribution >= 4 is 33.5 Å². The summed E-state index contributed by atoms with van der Waals surface area (Å²) >= 11 is 0. The molecule has 0 aromatic heterocycles. The predicted molar refractivity (Wildman–Crippen MR) is 80.3 cm³/mol. The minimum Gasteiger partial charge on any atom is -0.465 e. The van der Waals surface area contributed by atoms with Crippen LogP contribution in [0.25, 0.3) is 0 Å². The van der Waals surface area contributed by atoms with Crippen LogP contribution >= 0.6 is 0 Å². The van der Waals surface area contributed by atoms with Gasteiger partial charge in [-0.05, 0) is 20.3 Å². The summed E-state index contributed by atoms with van der Waals surface area (Å²) in [5, 5.41) is 0. The SMILES string of the molecule is CCOC(=O)C(C(=O)OCC)C(CC)C1[S@@](=O)CC[S@@]1=O. The Kier molecular flexibility index (Phi) is 7.51. The Hall–Kier alpha value is -0.760. The van der Waals surface area contributed by atoms with Gasteiger partial charge in [-0.3, -0.25) is 18.0 Å². The van der Waals surface area contributed by atoms with Crippen molar-refractivity contribution in [3.63, 3.8) is 0 Å². The Labute approximate surface area is 129 Å². The van der Waals surface area contributed by atoms with E-state index >= 15 is 0 Å².